The summed E-state index contributed by atoms with van der Waals surface area (Å²) in [5.74, 6) is 1.33. The molecule has 2 aliphatic rings. The van der Waals surface area contributed by atoms with Gasteiger partial charge in [-0.25, -0.2) is 4.79 Å². The van der Waals surface area contributed by atoms with Crippen LogP contribution in [-0.4, -0.2) is 34.5 Å². The summed E-state index contributed by atoms with van der Waals surface area (Å²) >= 11 is 0. The molecule has 1 fully saturated rings. The summed E-state index contributed by atoms with van der Waals surface area (Å²) < 4.78 is 45.2. The first kappa shape index (κ1) is 19.5. The number of fused-ring (bicyclic) bond motifs is 1. The van der Waals surface area contributed by atoms with Crippen molar-refractivity contribution in [3.63, 3.8) is 0 Å². The molecule has 8 nitrogen and oxygen atoms in total. The van der Waals surface area contributed by atoms with Gasteiger partial charge >= 0.3 is 6.09 Å². The Morgan fingerprint density at radius 3 is 2.59 bits per heavy atom. The van der Waals surface area contributed by atoms with Crippen molar-refractivity contribution in [2.45, 2.75) is 18.2 Å². The Morgan fingerprint density at radius 1 is 1.07 bits per heavy atom. The van der Waals surface area contributed by atoms with Gasteiger partial charge in [-0.15, -0.1) is 0 Å². The Kier molecular flexibility index (Phi) is 5.33. The number of rotatable bonds is 7. The van der Waals surface area contributed by atoms with Crippen molar-refractivity contribution in [2.24, 2.45) is 11.8 Å². The van der Waals surface area contributed by atoms with Gasteiger partial charge in [0.15, 0.2) is 11.5 Å². The van der Waals surface area contributed by atoms with E-state index in [4.69, 9.17) is 18.4 Å². The van der Waals surface area contributed by atoms with Crippen LogP contribution in [0.1, 0.15) is 12.0 Å². The number of amides is 1. The third-order valence-corrected chi connectivity index (χ3v) is 6.16. The maximum atomic E-state index is 12.2. The van der Waals surface area contributed by atoms with Gasteiger partial charge in [-0.2, -0.15) is 8.42 Å². The number of nitrogens with one attached hydrogen (secondary N) is 1. The van der Waals surface area contributed by atoms with E-state index in [-0.39, 0.29) is 36.7 Å². The lowest BCUT2D eigenvalue weighted by Crippen LogP contribution is -2.16. The number of carbonyl (C=O) groups is 1. The van der Waals surface area contributed by atoms with Gasteiger partial charge in [0, 0.05) is 11.8 Å². The third-order valence-electron chi connectivity index (χ3n) is 4.86. The monoisotopic (exact) mass is 419 g/mol. The minimum Gasteiger partial charge on any atom is -0.454 e. The van der Waals surface area contributed by atoms with Crippen LogP contribution >= 0.6 is 0 Å². The van der Waals surface area contributed by atoms with E-state index in [2.05, 4.69) is 5.32 Å². The summed E-state index contributed by atoms with van der Waals surface area (Å²) in [5, 5.41) is 2.63. The van der Waals surface area contributed by atoms with Crippen molar-refractivity contribution in [3.8, 4) is 11.5 Å². The van der Waals surface area contributed by atoms with Crippen LogP contribution in [0.25, 0.3) is 0 Å². The first-order chi connectivity index (χ1) is 13.9. The fourth-order valence-corrected chi connectivity index (χ4v) is 3.94. The number of hydrogen-bond acceptors (Lipinski definition) is 7. The second kappa shape index (κ2) is 7.92. The fourth-order valence-electron chi connectivity index (χ4n) is 2.98. The molecule has 1 heterocycles. The molecule has 1 aliphatic heterocycles. The maximum Gasteiger partial charge on any atom is 0.411 e. The number of benzene rings is 2. The van der Waals surface area contributed by atoms with Crippen molar-refractivity contribution < 1.29 is 31.6 Å². The van der Waals surface area contributed by atoms with Gasteiger partial charge in [-0.3, -0.25) is 9.50 Å². The molecule has 1 N–H and O–H groups in total. The topological polar surface area (TPSA) is 100 Å². The molecule has 2 aromatic rings. The van der Waals surface area contributed by atoms with Crippen molar-refractivity contribution in [1.29, 1.82) is 0 Å². The zero-order chi connectivity index (χ0) is 20.4. The maximum absolute atomic E-state index is 12.2. The first-order valence-corrected chi connectivity index (χ1v) is 10.6. The highest BCUT2D eigenvalue weighted by Crippen LogP contribution is 2.39. The van der Waals surface area contributed by atoms with Gasteiger partial charge in [0.2, 0.25) is 6.79 Å². The smallest absolute Gasteiger partial charge is 0.411 e. The number of ether oxygens (including phenoxy) is 3. The average molecular weight is 419 g/mol. The van der Waals surface area contributed by atoms with E-state index in [1.54, 1.807) is 30.3 Å². The summed E-state index contributed by atoms with van der Waals surface area (Å²) in [6.45, 7) is 2.33. The zero-order valence-electron chi connectivity index (χ0n) is 15.8. The largest absolute Gasteiger partial charge is 0.454 e. The van der Waals surface area contributed by atoms with Crippen LogP contribution in [-0.2, 0) is 19.0 Å². The molecule has 0 radical (unpaired) electrons. The summed E-state index contributed by atoms with van der Waals surface area (Å²) in [5.41, 5.74) is 1.52. The third kappa shape index (κ3) is 4.80. The van der Waals surface area contributed by atoms with Crippen LogP contribution in [0.4, 0.5) is 10.5 Å². The molecule has 4 rings (SSSR count). The molecule has 0 saturated heterocycles. The van der Waals surface area contributed by atoms with Crippen molar-refractivity contribution >= 4 is 21.9 Å². The Hall–Kier alpha value is -2.78. The minimum absolute atomic E-state index is 0.0496. The lowest BCUT2D eigenvalue weighted by atomic mass is 10.2. The normalized spacial score (nSPS) is 19.6. The van der Waals surface area contributed by atoms with Crippen LogP contribution < -0.4 is 14.8 Å². The molecule has 2 aromatic carbocycles. The standard InChI is InChI=1S/C20H21NO7S/c1-13-2-5-17(6-3-13)29(23,24)28-11-15-8-14(15)10-25-20(22)21-16-4-7-18-19(9-16)27-12-26-18/h2-7,9,14-15H,8,10-12H2,1H3,(H,21,22)/t14-,15-/m0/s1. The zero-order valence-corrected chi connectivity index (χ0v) is 16.6. The van der Waals surface area contributed by atoms with Crippen LogP contribution in [0.5, 0.6) is 11.5 Å². The summed E-state index contributed by atoms with van der Waals surface area (Å²) in [6, 6.07) is 11.6. The number of anilines is 1. The van der Waals surface area contributed by atoms with Gasteiger partial charge in [0.05, 0.1) is 18.1 Å². The Labute approximate surface area is 168 Å². The van der Waals surface area contributed by atoms with E-state index < -0.39 is 16.2 Å². The molecule has 0 bridgehead atoms. The highest BCUT2D eigenvalue weighted by Gasteiger charge is 2.39. The highest BCUT2D eigenvalue weighted by atomic mass is 32.2. The van der Waals surface area contributed by atoms with Crippen LogP contribution in [0.3, 0.4) is 0 Å². The van der Waals surface area contributed by atoms with Crippen molar-refractivity contribution in [3.05, 3.63) is 48.0 Å². The van der Waals surface area contributed by atoms with Gasteiger partial charge < -0.3 is 14.2 Å². The fraction of sp³-hybridized carbons (Fsp3) is 0.350. The van der Waals surface area contributed by atoms with Crippen molar-refractivity contribution in [2.75, 3.05) is 25.3 Å². The van der Waals surface area contributed by atoms with E-state index >= 15 is 0 Å². The second-order valence-corrected chi connectivity index (χ2v) is 8.71. The number of hydrogen-bond donors (Lipinski definition) is 1. The molecule has 0 spiro atoms. The van der Waals surface area contributed by atoms with Gasteiger partial charge in [-0.05, 0) is 49.4 Å². The lowest BCUT2D eigenvalue weighted by Gasteiger charge is -2.08. The summed E-state index contributed by atoms with van der Waals surface area (Å²) in [4.78, 5) is 12.1. The average Bonchev–Trinajstić information content (AvgIpc) is 3.29. The van der Waals surface area contributed by atoms with E-state index in [9.17, 15) is 13.2 Å². The molecule has 154 valence electrons. The molecule has 0 aromatic heterocycles. The number of aryl methyl sites for hydroxylation is 1. The molecular weight excluding hydrogens is 398 g/mol. The number of carbonyl (C=O) groups excluding carboxylic acids is 1. The Bertz CT molecular complexity index is 1000. The van der Waals surface area contributed by atoms with E-state index in [1.165, 1.54) is 12.1 Å². The molecule has 9 heteroatoms. The molecule has 1 saturated carbocycles. The van der Waals surface area contributed by atoms with Crippen LogP contribution in [0.15, 0.2) is 47.4 Å². The SMILES string of the molecule is Cc1ccc(S(=O)(=O)OC[C@@H]2C[C@H]2COC(=O)Nc2ccc3c(c2)OCO3)cc1. The van der Waals surface area contributed by atoms with E-state index in [0.29, 0.717) is 17.2 Å². The molecule has 29 heavy (non-hydrogen) atoms. The van der Waals surface area contributed by atoms with Crippen molar-refractivity contribution in [1.82, 2.24) is 0 Å². The quantitative estimate of drug-likeness (QED) is 0.687. The van der Waals surface area contributed by atoms with Gasteiger partial charge in [0.1, 0.15) is 0 Å². The molecule has 0 unspecified atom stereocenters. The first-order valence-electron chi connectivity index (χ1n) is 9.20. The minimum atomic E-state index is -3.77. The highest BCUT2D eigenvalue weighted by molar-refractivity contribution is 7.86. The predicted octanol–water partition coefficient (Wildman–Crippen LogP) is 3.31. The Morgan fingerprint density at radius 2 is 1.79 bits per heavy atom. The molecular formula is C20H21NO7S. The summed E-state index contributed by atoms with van der Waals surface area (Å²) in [7, 11) is -3.77. The molecule has 1 aliphatic carbocycles. The van der Waals surface area contributed by atoms with Gasteiger partial charge in [-0.1, -0.05) is 17.7 Å². The van der Waals surface area contributed by atoms with E-state index in [0.717, 1.165) is 12.0 Å². The predicted molar refractivity (Wildman–Crippen MR) is 103 cm³/mol. The van der Waals surface area contributed by atoms with E-state index in [1.807, 2.05) is 6.92 Å². The molecule has 1 amide bonds. The Balaban J connectivity index is 1.19. The molecule has 2 atom stereocenters. The summed E-state index contributed by atoms with van der Waals surface area (Å²) in [6.07, 6.45) is 0.170. The van der Waals surface area contributed by atoms with Crippen LogP contribution in [0, 0.1) is 18.8 Å². The second-order valence-electron chi connectivity index (χ2n) is 7.10. The lowest BCUT2D eigenvalue weighted by molar-refractivity contribution is 0.152. The van der Waals surface area contributed by atoms with Crippen LogP contribution in [0.2, 0.25) is 0 Å². The van der Waals surface area contributed by atoms with Gasteiger partial charge in [0.25, 0.3) is 10.1 Å².